The lowest BCUT2D eigenvalue weighted by molar-refractivity contribution is 0.144. The van der Waals surface area contributed by atoms with Crippen LogP contribution in [0.3, 0.4) is 0 Å². The fourth-order valence-corrected chi connectivity index (χ4v) is 3.41. The Morgan fingerprint density at radius 1 is 1.20 bits per heavy atom. The normalized spacial score (nSPS) is 18.6. The average Bonchev–Trinajstić information content (AvgIpc) is 1.60. The van der Waals surface area contributed by atoms with Gasteiger partial charge in [0.15, 0.2) is 0 Å². The molecule has 62 valence electrons. The van der Waals surface area contributed by atoms with E-state index in [1.54, 1.807) is 0 Å². The van der Waals surface area contributed by atoms with Gasteiger partial charge in [-0.1, -0.05) is 32.6 Å². The van der Waals surface area contributed by atoms with Crippen LogP contribution in [0.4, 0.5) is 0 Å². The Kier molecular flexibility index (Phi) is 3.60. The smallest absolute Gasteiger partial charge is 0.0534 e. The lowest BCUT2D eigenvalue weighted by Crippen LogP contribution is -2.27. The number of hydrogen-bond donors (Lipinski definition) is 1. The van der Waals surface area contributed by atoms with Crippen molar-refractivity contribution in [2.45, 2.75) is 45.6 Å². The highest BCUT2D eigenvalue weighted by atomic mass is 28.3. The van der Waals surface area contributed by atoms with Crippen LogP contribution in [0.1, 0.15) is 13.8 Å². The summed E-state index contributed by atoms with van der Waals surface area (Å²) in [5.74, 6) is 0.478. The molecule has 2 atom stereocenters. The molecule has 1 nitrogen and oxygen atoms in total. The van der Waals surface area contributed by atoms with Crippen LogP contribution in [0.15, 0.2) is 0 Å². The van der Waals surface area contributed by atoms with E-state index in [0.717, 1.165) is 0 Å². The second kappa shape index (κ2) is 3.53. The Morgan fingerprint density at radius 2 is 1.60 bits per heavy atom. The minimum atomic E-state index is -0.943. The van der Waals surface area contributed by atoms with Crippen molar-refractivity contribution in [3.63, 3.8) is 0 Å². The van der Waals surface area contributed by atoms with Gasteiger partial charge in [-0.2, -0.15) is 0 Å². The van der Waals surface area contributed by atoms with Gasteiger partial charge in [-0.05, 0) is 12.8 Å². The summed E-state index contributed by atoms with van der Waals surface area (Å²) >= 11 is 0. The summed E-state index contributed by atoms with van der Waals surface area (Å²) in [4.78, 5) is 0. The monoisotopic (exact) mass is 160 g/mol. The van der Waals surface area contributed by atoms with Gasteiger partial charge in [0.2, 0.25) is 0 Å². The maximum atomic E-state index is 9.21. The highest BCUT2D eigenvalue weighted by Crippen LogP contribution is 2.18. The second-order valence-electron chi connectivity index (χ2n) is 4.48. The minimum Gasteiger partial charge on any atom is -0.393 e. The third kappa shape index (κ3) is 5.00. The molecule has 0 fully saturated rings. The Hall–Kier alpha value is 0.177. The molecule has 10 heavy (non-hydrogen) atoms. The van der Waals surface area contributed by atoms with E-state index < -0.39 is 8.07 Å². The Morgan fingerprint density at radius 3 is 1.70 bits per heavy atom. The van der Waals surface area contributed by atoms with Crippen LogP contribution in [0.25, 0.3) is 0 Å². The highest BCUT2D eigenvalue weighted by Gasteiger charge is 2.19. The van der Waals surface area contributed by atoms with Crippen molar-refractivity contribution >= 4 is 8.07 Å². The van der Waals surface area contributed by atoms with Gasteiger partial charge in [0.1, 0.15) is 0 Å². The van der Waals surface area contributed by atoms with E-state index in [-0.39, 0.29) is 6.10 Å². The quantitative estimate of drug-likeness (QED) is 0.628. The zero-order chi connectivity index (χ0) is 8.36. The average molecular weight is 160 g/mol. The standard InChI is InChI=1S/C8H20OSi/c1-7(8(2)9)6-10(3,4)5/h7-9H,6H2,1-5H3/t7-,8+/m0/s1. The molecule has 0 spiro atoms. The first kappa shape index (κ1) is 10.2. The third-order valence-corrected chi connectivity index (χ3v) is 3.63. The maximum absolute atomic E-state index is 9.21. The fourth-order valence-electron chi connectivity index (χ4n) is 1.14. The van der Waals surface area contributed by atoms with E-state index in [4.69, 9.17) is 0 Å². The van der Waals surface area contributed by atoms with E-state index in [1.165, 1.54) is 6.04 Å². The zero-order valence-electron chi connectivity index (χ0n) is 7.81. The summed E-state index contributed by atoms with van der Waals surface area (Å²) in [5, 5.41) is 9.21. The Bertz CT molecular complexity index is 93.9. The molecule has 1 N–H and O–H groups in total. The van der Waals surface area contributed by atoms with Crippen molar-refractivity contribution in [2.75, 3.05) is 0 Å². The molecule has 0 aliphatic rings. The van der Waals surface area contributed by atoms with Crippen LogP contribution in [-0.4, -0.2) is 19.3 Å². The first-order valence-corrected chi connectivity index (χ1v) is 7.72. The number of aliphatic hydroxyl groups is 1. The van der Waals surface area contributed by atoms with Gasteiger partial charge in [0.25, 0.3) is 0 Å². The van der Waals surface area contributed by atoms with Crippen molar-refractivity contribution in [1.82, 2.24) is 0 Å². The molecule has 0 rings (SSSR count). The van der Waals surface area contributed by atoms with Gasteiger partial charge in [0.05, 0.1) is 6.10 Å². The molecule has 0 aromatic rings. The molecule has 0 heterocycles. The molecule has 0 saturated heterocycles. The van der Waals surface area contributed by atoms with E-state index in [1.807, 2.05) is 6.92 Å². The van der Waals surface area contributed by atoms with E-state index in [2.05, 4.69) is 26.6 Å². The van der Waals surface area contributed by atoms with Gasteiger partial charge >= 0.3 is 0 Å². The van der Waals surface area contributed by atoms with E-state index in [9.17, 15) is 5.11 Å². The molecule has 0 aliphatic carbocycles. The first-order valence-electron chi connectivity index (χ1n) is 4.01. The van der Waals surface area contributed by atoms with Crippen molar-refractivity contribution < 1.29 is 5.11 Å². The highest BCUT2D eigenvalue weighted by molar-refractivity contribution is 6.76. The lowest BCUT2D eigenvalue weighted by atomic mass is 10.1. The zero-order valence-corrected chi connectivity index (χ0v) is 8.81. The van der Waals surface area contributed by atoms with Crippen LogP contribution < -0.4 is 0 Å². The molecule has 0 aromatic heterocycles. The predicted octanol–water partition coefficient (Wildman–Crippen LogP) is 2.34. The van der Waals surface area contributed by atoms with Gasteiger partial charge < -0.3 is 5.11 Å². The molecule has 0 unspecified atom stereocenters. The Labute approximate surface area is 65.5 Å². The fraction of sp³-hybridized carbons (Fsp3) is 1.00. The number of hydrogen-bond acceptors (Lipinski definition) is 1. The molecule has 0 radical (unpaired) electrons. The van der Waals surface area contributed by atoms with Crippen LogP contribution in [0.5, 0.6) is 0 Å². The van der Waals surface area contributed by atoms with Gasteiger partial charge in [-0.3, -0.25) is 0 Å². The number of rotatable bonds is 3. The number of aliphatic hydroxyl groups excluding tert-OH is 1. The summed E-state index contributed by atoms with van der Waals surface area (Å²) in [7, 11) is -0.943. The topological polar surface area (TPSA) is 20.2 Å². The van der Waals surface area contributed by atoms with Gasteiger partial charge in [-0.15, -0.1) is 0 Å². The minimum absolute atomic E-state index is 0.133. The molecule has 0 bridgehead atoms. The second-order valence-corrected chi connectivity index (χ2v) is 10.0. The van der Waals surface area contributed by atoms with E-state index >= 15 is 0 Å². The van der Waals surface area contributed by atoms with Gasteiger partial charge in [-0.25, -0.2) is 0 Å². The molecule has 0 aromatic carbocycles. The summed E-state index contributed by atoms with van der Waals surface area (Å²) in [6, 6.07) is 1.23. The molecular weight excluding hydrogens is 140 g/mol. The maximum Gasteiger partial charge on any atom is 0.0534 e. The van der Waals surface area contributed by atoms with Crippen molar-refractivity contribution in [1.29, 1.82) is 0 Å². The van der Waals surface area contributed by atoms with Crippen LogP contribution in [-0.2, 0) is 0 Å². The molecule has 0 amide bonds. The van der Waals surface area contributed by atoms with Crippen molar-refractivity contribution in [3.8, 4) is 0 Å². The molecule has 2 heteroatoms. The third-order valence-electron chi connectivity index (χ3n) is 1.76. The molecule has 0 saturated carbocycles. The SMILES string of the molecule is C[C@@H](O)[C@@H](C)C[Si](C)(C)C. The largest absolute Gasteiger partial charge is 0.393 e. The summed E-state index contributed by atoms with van der Waals surface area (Å²) in [5.41, 5.74) is 0. The van der Waals surface area contributed by atoms with Gasteiger partial charge in [0, 0.05) is 8.07 Å². The van der Waals surface area contributed by atoms with E-state index in [0.29, 0.717) is 5.92 Å². The van der Waals surface area contributed by atoms with Crippen LogP contribution in [0, 0.1) is 5.92 Å². The van der Waals surface area contributed by atoms with Crippen LogP contribution >= 0.6 is 0 Å². The van der Waals surface area contributed by atoms with Crippen molar-refractivity contribution in [3.05, 3.63) is 0 Å². The summed E-state index contributed by atoms with van der Waals surface area (Å²) in [6.07, 6.45) is -0.133. The summed E-state index contributed by atoms with van der Waals surface area (Å²) < 4.78 is 0. The van der Waals surface area contributed by atoms with Crippen molar-refractivity contribution in [2.24, 2.45) is 5.92 Å². The first-order chi connectivity index (χ1) is 4.33. The molecular formula is C8H20OSi. The summed E-state index contributed by atoms with van der Waals surface area (Å²) in [6.45, 7) is 11.0. The Balaban J connectivity index is 3.68. The lowest BCUT2D eigenvalue weighted by Gasteiger charge is -2.23. The van der Waals surface area contributed by atoms with Crippen LogP contribution in [0.2, 0.25) is 25.7 Å². The predicted molar refractivity (Wildman–Crippen MR) is 49.0 cm³/mol. The molecule has 0 aliphatic heterocycles.